The van der Waals surface area contributed by atoms with Gasteiger partial charge in [-0.1, -0.05) is 0 Å². The van der Waals surface area contributed by atoms with E-state index in [1.165, 1.54) is 0 Å². The molecule has 0 bridgehead atoms. The molecule has 4 N–H and O–H groups in total. The van der Waals surface area contributed by atoms with Crippen LogP contribution in [-0.2, 0) is 9.53 Å². The van der Waals surface area contributed by atoms with Crippen molar-refractivity contribution in [2.45, 2.75) is 25.8 Å². The molecule has 0 saturated heterocycles. The van der Waals surface area contributed by atoms with Crippen LogP contribution in [0.4, 0.5) is 4.79 Å². The van der Waals surface area contributed by atoms with Crippen LogP contribution in [0.5, 0.6) is 0 Å². The van der Waals surface area contributed by atoms with Gasteiger partial charge in [-0.15, -0.1) is 0 Å². The second-order valence-electron chi connectivity index (χ2n) is 3.35. The average Bonchev–Trinajstić information content (AvgIpc) is 2.28. The molecule has 0 radical (unpaired) electrons. The Kier molecular flexibility index (Phi) is 9.08. The lowest BCUT2D eigenvalue weighted by Gasteiger charge is -2.13. The second-order valence-corrected chi connectivity index (χ2v) is 3.35. The quantitative estimate of drug-likeness (QED) is 0.413. The number of carbonyl (C=O) groups is 2. The molecule has 0 aliphatic rings. The SMILES string of the molecule is CCOCCCNC(=O)N[C@H](CCO)C(=O)O. The minimum absolute atomic E-state index is 0.0122. The van der Waals surface area contributed by atoms with E-state index in [0.717, 1.165) is 0 Å². The highest BCUT2D eigenvalue weighted by Crippen LogP contribution is 1.91. The molecule has 0 unspecified atom stereocenters. The number of hydrogen-bond acceptors (Lipinski definition) is 4. The predicted molar refractivity (Wildman–Crippen MR) is 60.8 cm³/mol. The Morgan fingerprint density at radius 1 is 1.41 bits per heavy atom. The molecule has 7 nitrogen and oxygen atoms in total. The predicted octanol–water partition coefficient (Wildman–Crippen LogP) is -0.452. The molecule has 0 saturated carbocycles. The molecule has 0 fully saturated rings. The number of rotatable bonds is 9. The van der Waals surface area contributed by atoms with E-state index in [1.54, 1.807) is 0 Å². The van der Waals surface area contributed by atoms with Crippen LogP contribution in [0.2, 0.25) is 0 Å². The van der Waals surface area contributed by atoms with E-state index in [1.807, 2.05) is 6.92 Å². The van der Waals surface area contributed by atoms with Gasteiger partial charge in [0, 0.05) is 32.8 Å². The van der Waals surface area contributed by atoms with Crippen molar-refractivity contribution in [1.29, 1.82) is 0 Å². The van der Waals surface area contributed by atoms with Crippen molar-refractivity contribution < 1.29 is 24.5 Å². The van der Waals surface area contributed by atoms with Crippen molar-refractivity contribution in [3.05, 3.63) is 0 Å². The third-order valence-electron chi connectivity index (χ3n) is 1.98. The van der Waals surface area contributed by atoms with Gasteiger partial charge in [0.2, 0.25) is 0 Å². The monoisotopic (exact) mass is 248 g/mol. The fraction of sp³-hybridized carbons (Fsp3) is 0.800. The van der Waals surface area contributed by atoms with Gasteiger partial charge in [-0.05, 0) is 13.3 Å². The number of aliphatic hydroxyl groups excluding tert-OH is 1. The van der Waals surface area contributed by atoms with Crippen molar-refractivity contribution >= 4 is 12.0 Å². The summed E-state index contributed by atoms with van der Waals surface area (Å²) in [5.74, 6) is -1.16. The lowest BCUT2D eigenvalue weighted by Crippen LogP contribution is -2.46. The third-order valence-corrected chi connectivity index (χ3v) is 1.98. The molecule has 7 heteroatoms. The maximum Gasteiger partial charge on any atom is 0.326 e. The summed E-state index contributed by atoms with van der Waals surface area (Å²) in [6, 6.07) is -1.62. The van der Waals surface area contributed by atoms with Crippen LogP contribution < -0.4 is 10.6 Å². The normalized spacial score (nSPS) is 11.9. The zero-order chi connectivity index (χ0) is 13.1. The molecule has 100 valence electrons. The fourth-order valence-electron chi connectivity index (χ4n) is 1.12. The van der Waals surface area contributed by atoms with Crippen LogP contribution in [-0.4, -0.2) is 54.6 Å². The number of carboxylic acid groups (broad SMARTS) is 1. The van der Waals surface area contributed by atoms with Gasteiger partial charge in [0.1, 0.15) is 6.04 Å². The lowest BCUT2D eigenvalue weighted by atomic mass is 10.2. The number of amides is 2. The van der Waals surface area contributed by atoms with Crippen molar-refractivity contribution in [2.75, 3.05) is 26.4 Å². The van der Waals surface area contributed by atoms with E-state index in [2.05, 4.69) is 10.6 Å². The standard InChI is InChI=1S/C10H20N2O5/c1-2-17-7-3-5-11-10(16)12-8(4-6-13)9(14)15/h8,13H,2-7H2,1H3,(H,14,15)(H2,11,12,16)/t8-/m1/s1. The minimum atomic E-state index is -1.16. The Morgan fingerprint density at radius 3 is 2.65 bits per heavy atom. The van der Waals surface area contributed by atoms with E-state index in [9.17, 15) is 9.59 Å². The highest BCUT2D eigenvalue weighted by Gasteiger charge is 2.18. The number of carbonyl (C=O) groups excluding carboxylic acids is 1. The molecular weight excluding hydrogens is 228 g/mol. The van der Waals surface area contributed by atoms with Crippen molar-refractivity contribution in [2.24, 2.45) is 0 Å². The van der Waals surface area contributed by atoms with Gasteiger partial charge in [0.25, 0.3) is 0 Å². The number of aliphatic hydroxyl groups is 1. The van der Waals surface area contributed by atoms with Gasteiger partial charge in [-0.3, -0.25) is 0 Å². The highest BCUT2D eigenvalue weighted by atomic mass is 16.5. The number of ether oxygens (including phenoxy) is 1. The Balaban J connectivity index is 3.71. The van der Waals surface area contributed by atoms with Crippen molar-refractivity contribution in [1.82, 2.24) is 10.6 Å². The lowest BCUT2D eigenvalue weighted by molar-refractivity contribution is -0.139. The van der Waals surface area contributed by atoms with Gasteiger partial charge in [-0.2, -0.15) is 0 Å². The smallest absolute Gasteiger partial charge is 0.326 e. The first kappa shape index (κ1) is 15.7. The first-order valence-electron chi connectivity index (χ1n) is 5.57. The third kappa shape index (κ3) is 8.47. The summed E-state index contributed by atoms with van der Waals surface area (Å²) < 4.78 is 5.07. The number of aliphatic carboxylic acids is 1. The van der Waals surface area contributed by atoms with Crippen molar-refractivity contribution in [3.8, 4) is 0 Å². The maximum atomic E-state index is 11.3. The molecular formula is C10H20N2O5. The van der Waals surface area contributed by atoms with Gasteiger partial charge >= 0.3 is 12.0 Å². The average molecular weight is 248 g/mol. The van der Waals surface area contributed by atoms with E-state index >= 15 is 0 Å². The summed E-state index contributed by atoms with van der Waals surface area (Å²) in [5.41, 5.74) is 0. The molecule has 0 aliphatic heterocycles. The molecule has 0 spiro atoms. The highest BCUT2D eigenvalue weighted by molar-refractivity contribution is 5.82. The van der Waals surface area contributed by atoms with Crippen LogP contribution in [0.1, 0.15) is 19.8 Å². The zero-order valence-corrected chi connectivity index (χ0v) is 9.94. The number of urea groups is 1. The fourth-order valence-corrected chi connectivity index (χ4v) is 1.12. The zero-order valence-electron chi connectivity index (χ0n) is 9.94. The molecule has 0 aromatic rings. The molecule has 0 aromatic carbocycles. The van der Waals surface area contributed by atoms with Crippen LogP contribution in [0, 0.1) is 0 Å². The molecule has 2 amide bonds. The van der Waals surface area contributed by atoms with Gasteiger partial charge in [0.15, 0.2) is 0 Å². The Bertz CT molecular complexity index is 235. The summed E-state index contributed by atoms with van der Waals surface area (Å²) >= 11 is 0. The summed E-state index contributed by atoms with van der Waals surface area (Å²) in [6.07, 6.45) is 0.653. The summed E-state index contributed by atoms with van der Waals surface area (Å²) in [7, 11) is 0. The summed E-state index contributed by atoms with van der Waals surface area (Å²) in [5, 5.41) is 22.1. The van der Waals surface area contributed by atoms with Crippen molar-refractivity contribution in [3.63, 3.8) is 0 Å². The topological polar surface area (TPSA) is 108 Å². The number of carboxylic acids is 1. The Hall–Kier alpha value is -1.34. The number of hydrogen-bond donors (Lipinski definition) is 4. The van der Waals surface area contributed by atoms with Crippen LogP contribution >= 0.6 is 0 Å². The van der Waals surface area contributed by atoms with Gasteiger partial charge in [0.05, 0.1) is 0 Å². The van der Waals surface area contributed by atoms with Crippen LogP contribution in [0.3, 0.4) is 0 Å². The molecule has 1 atom stereocenters. The first-order chi connectivity index (χ1) is 8.11. The Morgan fingerprint density at radius 2 is 2.12 bits per heavy atom. The van der Waals surface area contributed by atoms with E-state index in [-0.39, 0.29) is 13.0 Å². The second kappa shape index (κ2) is 9.86. The van der Waals surface area contributed by atoms with Crippen LogP contribution in [0.15, 0.2) is 0 Å². The van der Waals surface area contributed by atoms with E-state index in [0.29, 0.717) is 26.2 Å². The summed E-state index contributed by atoms with van der Waals surface area (Å²) in [6.45, 7) is 3.19. The van der Waals surface area contributed by atoms with Crippen LogP contribution in [0.25, 0.3) is 0 Å². The minimum Gasteiger partial charge on any atom is -0.480 e. The van der Waals surface area contributed by atoms with Gasteiger partial charge in [-0.25, -0.2) is 9.59 Å². The van der Waals surface area contributed by atoms with Gasteiger partial charge < -0.3 is 25.6 Å². The first-order valence-corrected chi connectivity index (χ1v) is 5.57. The molecule has 17 heavy (non-hydrogen) atoms. The number of nitrogens with one attached hydrogen (secondary N) is 2. The molecule has 0 aromatic heterocycles. The van der Waals surface area contributed by atoms with E-state index in [4.69, 9.17) is 14.9 Å². The van der Waals surface area contributed by atoms with E-state index < -0.39 is 18.0 Å². The Labute approximate surface area is 100 Å². The maximum absolute atomic E-state index is 11.3. The summed E-state index contributed by atoms with van der Waals surface area (Å²) in [4.78, 5) is 21.9. The largest absolute Gasteiger partial charge is 0.480 e. The molecule has 0 rings (SSSR count). The molecule has 0 heterocycles. The molecule has 0 aliphatic carbocycles.